The lowest BCUT2D eigenvalue weighted by Gasteiger charge is -2.33. The van der Waals surface area contributed by atoms with Gasteiger partial charge in [0.1, 0.15) is 0 Å². The lowest BCUT2D eigenvalue weighted by Crippen LogP contribution is -2.46. The van der Waals surface area contributed by atoms with Gasteiger partial charge in [0.15, 0.2) is 17.3 Å². The second-order valence-corrected chi connectivity index (χ2v) is 5.99. The van der Waals surface area contributed by atoms with Crippen LogP contribution in [0.4, 0.5) is 0 Å². The van der Waals surface area contributed by atoms with Crippen LogP contribution in [-0.2, 0) is 6.54 Å². The second kappa shape index (κ2) is 6.06. The fourth-order valence-electron chi connectivity index (χ4n) is 3.63. The maximum absolute atomic E-state index is 12.8. The van der Waals surface area contributed by atoms with E-state index in [2.05, 4.69) is 5.32 Å². The number of ether oxygens (including phenoxy) is 2. The van der Waals surface area contributed by atoms with Gasteiger partial charge in [-0.1, -0.05) is 19.3 Å². The van der Waals surface area contributed by atoms with E-state index in [9.17, 15) is 4.79 Å². The highest BCUT2D eigenvalue weighted by Crippen LogP contribution is 2.35. The average Bonchev–Trinajstić information content (AvgIpc) is 2.55. The summed E-state index contributed by atoms with van der Waals surface area (Å²) in [6.07, 6.45) is 6.11. The zero-order chi connectivity index (χ0) is 14.8. The standard InChI is InChI=1S/C17H23NO3/c1-20-14-8-12-10-18-16(11-6-4-3-5-7-11)17(19)13(12)9-15(14)21-2/h8-9,11,16,18H,3-7,10H2,1-2H3. The topological polar surface area (TPSA) is 47.6 Å². The van der Waals surface area contributed by atoms with Crippen molar-refractivity contribution in [1.82, 2.24) is 5.32 Å². The van der Waals surface area contributed by atoms with Gasteiger partial charge in [-0.05, 0) is 36.5 Å². The first-order valence-electron chi connectivity index (χ1n) is 7.77. The normalized spacial score (nSPS) is 22.8. The van der Waals surface area contributed by atoms with E-state index in [1.165, 1.54) is 19.3 Å². The van der Waals surface area contributed by atoms with Gasteiger partial charge in [0.05, 0.1) is 20.3 Å². The molecule has 0 radical (unpaired) electrons. The lowest BCUT2D eigenvalue weighted by molar-refractivity contribution is 0.0869. The van der Waals surface area contributed by atoms with Gasteiger partial charge in [-0.25, -0.2) is 0 Å². The van der Waals surface area contributed by atoms with Crippen molar-refractivity contribution in [1.29, 1.82) is 0 Å². The monoisotopic (exact) mass is 289 g/mol. The Morgan fingerprint density at radius 3 is 2.38 bits per heavy atom. The van der Waals surface area contributed by atoms with Gasteiger partial charge in [0, 0.05) is 12.1 Å². The van der Waals surface area contributed by atoms with Crippen LogP contribution in [-0.4, -0.2) is 26.0 Å². The van der Waals surface area contributed by atoms with Gasteiger partial charge in [-0.2, -0.15) is 0 Å². The van der Waals surface area contributed by atoms with E-state index >= 15 is 0 Å². The number of carbonyl (C=O) groups excluding carboxylic acids is 1. The molecule has 21 heavy (non-hydrogen) atoms. The molecule has 0 aromatic heterocycles. The Hall–Kier alpha value is -1.55. The summed E-state index contributed by atoms with van der Waals surface area (Å²) >= 11 is 0. The van der Waals surface area contributed by atoms with E-state index in [-0.39, 0.29) is 11.8 Å². The molecule has 1 aliphatic heterocycles. The van der Waals surface area contributed by atoms with Crippen molar-refractivity contribution in [3.8, 4) is 11.5 Å². The molecule has 0 bridgehead atoms. The number of hydrogen-bond acceptors (Lipinski definition) is 4. The minimum Gasteiger partial charge on any atom is -0.493 e. The number of ketones is 1. The highest BCUT2D eigenvalue weighted by atomic mass is 16.5. The van der Waals surface area contributed by atoms with Crippen LogP contribution in [0.5, 0.6) is 11.5 Å². The first kappa shape index (κ1) is 14.4. The van der Waals surface area contributed by atoms with Crippen molar-refractivity contribution in [2.24, 2.45) is 5.92 Å². The van der Waals surface area contributed by atoms with Gasteiger partial charge in [0.2, 0.25) is 0 Å². The van der Waals surface area contributed by atoms with E-state index in [1.807, 2.05) is 12.1 Å². The van der Waals surface area contributed by atoms with Crippen molar-refractivity contribution in [3.05, 3.63) is 23.3 Å². The quantitative estimate of drug-likeness (QED) is 0.929. The zero-order valence-corrected chi connectivity index (χ0v) is 12.8. The smallest absolute Gasteiger partial charge is 0.180 e. The zero-order valence-electron chi connectivity index (χ0n) is 12.8. The summed E-state index contributed by atoms with van der Waals surface area (Å²) in [4.78, 5) is 12.8. The number of nitrogens with one attached hydrogen (secondary N) is 1. The van der Waals surface area contributed by atoms with Gasteiger partial charge in [0.25, 0.3) is 0 Å². The van der Waals surface area contributed by atoms with Crippen LogP contribution < -0.4 is 14.8 Å². The predicted octanol–water partition coefficient (Wildman–Crippen LogP) is 2.94. The van der Waals surface area contributed by atoms with Crippen molar-refractivity contribution >= 4 is 5.78 Å². The summed E-state index contributed by atoms with van der Waals surface area (Å²) in [6, 6.07) is 3.72. The summed E-state index contributed by atoms with van der Waals surface area (Å²) in [5.74, 6) is 2.01. The molecule has 1 aromatic rings. The summed E-state index contributed by atoms with van der Waals surface area (Å²) in [7, 11) is 3.22. The number of rotatable bonds is 3. The van der Waals surface area contributed by atoms with Crippen molar-refractivity contribution in [2.45, 2.75) is 44.7 Å². The van der Waals surface area contributed by atoms with Crippen LogP contribution in [0.15, 0.2) is 12.1 Å². The Bertz CT molecular complexity index is 535. The minimum absolute atomic E-state index is 0.0316. The molecule has 4 heteroatoms. The molecule has 0 amide bonds. The van der Waals surface area contributed by atoms with Crippen LogP contribution in [0.25, 0.3) is 0 Å². The van der Waals surface area contributed by atoms with E-state index in [0.717, 1.165) is 30.5 Å². The Balaban J connectivity index is 1.90. The Labute approximate surface area is 125 Å². The molecule has 1 N–H and O–H groups in total. The highest BCUT2D eigenvalue weighted by molar-refractivity contribution is 6.03. The molecule has 1 unspecified atom stereocenters. The van der Waals surface area contributed by atoms with Gasteiger partial charge >= 0.3 is 0 Å². The van der Waals surface area contributed by atoms with Gasteiger partial charge < -0.3 is 14.8 Å². The number of methoxy groups -OCH3 is 2. The first-order chi connectivity index (χ1) is 10.2. The van der Waals surface area contributed by atoms with E-state index in [1.54, 1.807) is 14.2 Å². The molecule has 0 spiro atoms. The fraction of sp³-hybridized carbons (Fsp3) is 0.588. The SMILES string of the molecule is COc1cc2c(cc1OC)C(=O)C(C1CCCCC1)NC2. The lowest BCUT2D eigenvalue weighted by atomic mass is 9.79. The Kier molecular flexibility index (Phi) is 4.15. The van der Waals surface area contributed by atoms with Crippen molar-refractivity contribution in [2.75, 3.05) is 14.2 Å². The number of hydrogen-bond donors (Lipinski definition) is 1. The number of fused-ring (bicyclic) bond motifs is 1. The third-order valence-corrected chi connectivity index (χ3v) is 4.79. The van der Waals surface area contributed by atoms with E-state index < -0.39 is 0 Å². The molecule has 1 fully saturated rings. The maximum Gasteiger partial charge on any atom is 0.180 e. The highest BCUT2D eigenvalue weighted by Gasteiger charge is 2.34. The third-order valence-electron chi connectivity index (χ3n) is 4.79. The van der Waals surface area contributed by atoms with Crippen molar-refractivity contribution in [3.63, 3.8) is 0 Å². The Morgan fingerprint density at radius 2 is 1.71 bits per heavy atom. The largest absolute Gasteiger partial charge is 0.493 e. The third kappa shape index (κ3) is 2.64. The molecule has 1 saturated carbocycles. The van der Waals surface area contributed by atoms with Crippen LogP contribution in [0.1, 0.15) is 48.0 Å². The fourth-order valence-corrected chi connectivity index (χ4v) is 3.63. The van der Waals surface area contributed by atoms with Crippen LogP contribution >= 0.6 is 0 Å². The molecular weight excluding hydrogens is 266 g/mol. The maximum atomic E-state index is 12.8. The summed E-state index contributed by atoms with van der Waals surface area (Å²) in [5.41, 5.74) is 1.80. The van der Waals surface area contributed by atoms with Crippen LogP contribution in [0, 0.1) is 5.92 Å². The number of carbonyl (C=O) groups is 1. The van der Waals surface area contributed by atoms with E-state index in [0.29, 0.717) is 17.4 Å². The van der Waals surface area contributed by atoms with Crippen LogP contribution in [0.3, 0.4) is 0 Å². The average molecular weight is 289 g/mol. The molecule has 0 saturated heterocycles. The summed E-state index contributed by atoms with van der Waals surface area (Å²) in [5, 5.41) is 3.44. The second-order valence-electron chi connectivity index (χ2n) is 5.99. The Morgan fingerprint density at radius 1 is 1.05 bits per heavy atom. The van der Waals surface area contributed by atoms with Gasteiger partial charge in [-0.15, -0.1) is 0 Å². The minimum atomic E-state index is -0.0316. The molecule has 3 rings (SSSR count). The predicted molar refractivity (Wildman–Crippen MR) is 81.1 cm³/mol. The summed E-state index contributed by atoms with van der Waals surface area (Å²) < 4.78 is 10.7. The molecule has 1 atom stereocenters. The first-order valence-corrected chi connectivity index (χ1v) is 7.77. The van der Waals surface area contributed by atoms with Crippen molar-refractivity contribution < 1.29 is 14.3 Å². The molecule has 114 valence electrons. The molecular formula is C17H23NO3. The molecule has 1 heterocycles. The molecule has 2 aliphatic rings. The molecule has 1 aromatic carbocycles. The van der Waals surface area contributed by atoms with Crippen LogP contribution in [0.2, 0.25) is 0 Å². The van der Waals surface area contributed by atoms with Gasteiger partial charge in [-0.3, -0.25) is 4.79 Å². The molecule has 4 nitrogen and oxygen atoms in total. The number of Topliss-reactive ketones (excluding diaryl/α,β-unsaturated/α-hetero) is 1. The summed E-state index contributed by atoms with van der Waals surface area (Å²) in [6.45, 7) is 0.725. The number of benzene rings is 1. The molecule has 1 aliphatic carbocycles. The van der Waals surface area contributed by atoms with E-state index in [4.69, 9.17) is 9.47 Å².